The van der Waals surface area contributed by atoms with Crippen LogP contribution in [0.2, 0.25) is 0 Å². The number of ether oxygens (including phenoxy) is 3. The summed E-state index contributed by atoms with van der Waals surface area (Å²) in [7, 11) is 1.59. The molecule has 146 valence electrons. The average molecular weight is 379 g/mol. The minimum absolute atomic E-state index is 0.144. The van der Waals surface area contributed by atoms with Crippen molar-refractivity contribution in [3.8, 4) is 17.2 Å². The molecular weight excluding hydrogens is 354 g/mol. The second-order valence-electron chi connectivity index (χ2n) is 7.16. The number of allylic oxidation sites excluding steroid dienone is 2. The van der Waals surface area contributed by atoms with Gasteiger partial charge in [0.05, 0.1) is 19.8 Å². The van der Waals surface area contributed by atoms with Gasteiger partial charge in [-0.1, -0.05) is 18.2 Å². The minimum Gasteiger partial charge on any atom is -0.494 e. The highest BCUT2D eigenvalue weighted by Crippen LogP contribution is 2.51. The fraction of sp³-hybridized carbons (Fsp3) is 0.348. The monoisotopic (exact) mass is 379 g/mol. The standard InChI is InChI=1S/C23H25NO4/c1-4-27-16-9-10-20-19(13-16)17-6-5-7-18(17)23(24-20)15-8-11-21(28-14(2)25)22(12-15)26-3/h5-6,8-13,17-18,23-24H,4,7H2,1-3H3. The highest BCUT2D eigenvalue weighted by molar-refractivity contribution is 5.70. The first kappa shape index (κ1) is 18.4. The molecule has 28 heavy (non-hydrogen) atoms. The van der Waals surface area contributed by atoms with Gasteiger partial charge in [-0.3, -0.25) is 4.79 Å². The smallest absolute Gasteiger partial charge is 0.308 e. The second kappa shape index (κ2) is 7.58. The molecule has 0 amide bonds. The Kier molecular flexibility index (Phi) is 4.99. The summed E-state index contributed by atoms with van der Waals surface area (Å²) in [6.45, 7) is 4.05. The van der Waals surface area contributed by atoms with E-state index >= 15 is 0 Å². The van der Waals surface area contributed by atoms with Crippen molar-refractivity contribution in [1.82, 2.24) is 0 Å². The first-order valence-electron chi connectivity index (χ1n) is 9.67. The fourth-order valence-corrected chi connectivity index (χ4v) is 4.28. The van der Waals surface area contributed by atoms with E-state index in [2.05, 4.69) is 29.6 Å². The zero-order valence-electron chi connectivity index (χ0n) is 16.4. The fourth-order valence-electron chi connectivity index (χ4n) is 4.28. The summed E-state index contributed by atoms with van der Waals surface area (Å²) in [4.78, 5) is 11.3. The van der Waals surface area contributed by atoms with Crippen molar-refractivity contribution in [3.63, 3.8) is 0 Å². The largest absolute Gasteiger partial charge is 0.494 e. The first-order chi connectivity index (χ1) is 13.6. The normalized spacial score (nSPS) is 22.0. The van der Waals surface area contributed by atoms with Crippen LogP contribution in [0, 0.1) is 5.92 Å². The van der Waals surface area contributed by atoms with Crippen molar-refractivity contribution < 1.29 is 19.0 Å². The third-order valence-electron chi connectivity index (χ3n) is 5.45. The Balaban J connectivity index is 1.69. The van der Waals surface area contributed by atoms with Crippen molar-refractivity contribution in [3.05, 3.63) is 59.7 Å². The lowest BCUT2D eigenvalue weighted by molar-refractivity contribution is -0.132. The molecule has 5 nitrogen and oxygen atoms in total. The Morgan fingerprint density at radius 2 is 2.04 bits per heavy atom. The quantitative estimate of drug-likeness (QED) is 0.457. The lowest BCUT2D eigenvalue weighted by Gasteiger charge is -2.37. The van der Waals surface area contributed by atoms with Crippen LogP contribution < -0.4 is 19.5 Å². The number of carbonyl (C=O) groups excluding carboxylic acids is 1. The van der Waals surface area contributed by atoms with Gasteiger partial charge in [-0.15, -0.1) is 0 Å². The molecule has 2 aromatic rings. The molecule has 0 bridgehead atoms. The number of methoxy groups -OCH3 is 1. The predicted molar refractivity (Wildman–Crippen MR) is 108 cm³/mol. The van der Waals surface area contributed by atoms with E-state index in [0.717, 1.165) is 23.4 Å². The van der Waals surface area contributed by atoms with Crippen LogP contribution in [0.3, 0.4) is 0 Å². The summed E-state index contributed by atoms with van der Waals surface area (Å²) in [5.41, 5.74) is 3.53. The van der Waals surface area contributed by atoms with E-state index in [4.69, 9.17) is 14.2 Å². The molecule has 5 heteroatoms. The highest BCUT2D eigenvalue weighted by atomic mass is 16.6. The molecular formula is C23H25NO4. The lowest BCUT2D eigenvalue weighted by atomic mass is 9.77. The molecule has 1 heterocycles. The zero-order valence-corrected chi connectivity index (χ0v) is 16.4. The van der Waals surface area contributed by atoms with E-state index in [1.807, 2.05) is 31.2 Å². The molecule has 0 fully saturated rings. The second-order valence-corrected chi connectivity index (χ2v) is 7.16. The van der Waals surface area contributed by atoms with Gasteiger partial charge in [-0.2, -0.15) is 0 Å². The first-order valence-corrected chi connectivity index (χ1v) is 9.67. The third kappa shape index (κ3) is 3.33. The van der Waals surface area contributed by atoms with Gasteiger partial charge in [0, 0.05) is 18.5 Å². The summed E-state index contributed by atoms with van der Waals surface area (Å²) >= 11 is 0. The topological polar surface area (TPSA) is 56.8 Å². The van der Waals surface area contributed by atoms with Crippen LogP contribution in [0.15, 0.2) is 48.6 Å². The molecule has 3 unspecified atom stereocenters. The van der Waals surface area contributed by atoms with Crippen LogP contribution in [-0.4, -0.2) is 19.7 Å². The Morgan fingerprint density at radius 1 is 1.18 bits per heavy atom. The van der Waals surface area contributed by atoms with Crippen LogP contribution in [0.25, 0.3) is 0 Å². The Morgan fingerprint density at radius 3 is 2.79 bits per heavy atom. The number of nitrogens with one attached hydrogen (secondary N) is 1. The number of hydrogen-bond acceptors (Lipinski definition) is 5. The van der Waals surface area contributed by atoms with Crippen molar-refractivity contribution >= 4 is 11.7 Å². The van der Waals surface area contributed by atoms with Crippen molar-refractivity contribution in [2.24, 2.45) is 5.92 Å². The number of fused-ring (bicyclic) bond motifs is 3. The van der Waals surface area contributed by atoms with Gasteiger partial charge in [-0.05, 0) is 60.7 Å². The predicted octanol–water partition coefficient (Wildman–Crippen LogP) is 4.85. The van der Waals surface area contributed by atoms with Crippen LogP contribution in [0.1, 0.15) is 43.4 Å². The molecule has 0 spiro atoms. The number of carbonyl (C=O) groups is 1. The van der Waals surface area contributed by atoms with Crippen LogP contribution in [0.5, 0.6) is 17.2 Å². The molecule has 0 aromatic heterocycles. The van der Waals surface area contributed by atoms with Crippen LogP contribution >= 0.6 is 0 Å². The molecule has 0 radical (unpaired) electrons. The summed E-state index contributed by atoms with van der Waals surface area (Å²) in [6, 6.07) is 12.2. The molecule has 0 saturated heterocycles. The van der Waals surface area contributed by atoms with Gasteiger partial charge in [0.15, 0.2) is 11.5 Å². The van der Waals surface area contributed by atoms with Crippen LogP contribution in [0.4, 0.5) is 5.69 Å². The van der Waals surface area contributed by atoms with Gasteiger partial charge in [-0.25, -0.2) is 0 Å². The van der Waals surface area contributed by atoms with E-state index in [1.165, 1.54) is 12.5 Å². The van der Waals surface area contributed by atoms with Crippen molar-refractivity contribution in [2.75, 3.05) is 19.0 Å². The third-order valence-corrected chi connectivity index (χ3v) is 5.45. The lowest BCUT2D eigenvalue weighted by Crippen LogP contribution is -2.29. The summed E-state index contributed by atoms with van der Waals surface area (Å²) in [6.07, 6.45) is 5.57. The molecule has 2 aliphatic rings. The Bertz CT molecular complexity index is 921. The Hall–Kier alpha value is -2.95. The molecule has 1 N–H and O–H groups in total. The van der Waals surface area contributed by atoms with Gasteiger partial charge < -0.3 is 19.5 Å². The Labute approximate surface area is 165 Å². The maximum Gasteiger partial charge on any atom is 0.308 e. The molecule has 2 aromatic carbocycles. The molecule has 0 saturated carbocycles. The highest BCUT2D eigenvalue weighted by Gasteiger charge is 2.38. The minimum atomic E-state index is -0.360. The molecule has 4 rings (SSSR count). The van der Waals surface area contributed by atoms with E-state index < -0.39 is 0 Å². The van der Waals surface area contributed by atoms with Gasteiger partial charge >= 0.3 is 5.97 Å². The van der Waals surface area contributed by atoms with E-state index in [-0.39, 0.29) is 12.0 Å². The number of rotatable bonds is 5. The van der Waals surface area contributed by atoms with Gasteiger partial charge in [0.25, 0.3) is 0 Å². The maximum atomic E-state index is 11.3. The number of benzene rings is 2. The summed E-state index contributed by atoms with van der Waals surface area (Å²) < 4.78 is 16.4. The number of hydrogen-bond donors (Lipinski definition) is 1. The zero-order chi connectivity index (χ0) is 19.7. The molecule has 1 aliphatic carbocycles. The van der Waals surface area contributed by atoms with Crippen molar-refractivity contribution in [1.29, 1.82) is 0 Å². The number of anilines is 1. The SMILES string of the molecule is CCOc1ccc2c(c1)C1C=CCC1C(c1ccc(OC(C)=O)c(OC)c1)N2. The van der Waals surface area contributed by atoms with Gasteiger partial charge in [0.2, 0.25) is 0 Å². The summed E-state index contributed by atoms with van der Waals surface area (Å²) in [5, 5.41) is 3.71. The molecule has 1 aliphatic heterocycles. The van der Waals surface area contributed by atoms with Gasteiger partial charge in [0.1, 0.15) is 5.75 Å². The maximum absolute atomic E-state index is 11.3. The van der Waals surface area contributed by atoms with Crippen LogP contribution in [-0.2, 0) is 4.79 Å². The van der Waals surface area contributed by atoms with E-state index in [1.54, 1.807) is 7.11 Å². The summed E-state index contributed by atoms with van der Waals surface area (Å²) in [5.74, 6) is 2.32. The van der Waals surface area contributed by atoms with E-state index in [0.29, 0.717) is 29.9 Å². The van der Waals surface area contributed by atoms with E-state index in [9.17, 15) is 4.79 Å². The van der Waals surface area contributed by atoms with Crippen molar-refractivity contribution in [2.45, 2.75) is 32.2 Å². The average Bonchev–Trinajstić information content (AvgIpc) is 3.18. The number of esters is 1. The molecule has 3 atom stereocenters.